The molecule has 2 heterocycles. The van der Waals surface area contributed by atoms with Crippen molar-refractivity contribution < 1.29 is 0 Å². The molecule has 1 aromatic rings. The molecular weight excluding hydrogens is 178 g/mol. The molecule has 14 heavy (non-hydrogen) atoms. The van der Waals surface area contributed by atoms with Gasteiger partial charge >= 0.3 is 0 Å². The molecule has 1 aliphatic rings. The summed E-state index contributed by atoms with van der Waals surface area (Å²) < 4.78 is 0. The molecule has 0 radical (unpaired) electrons. The first-order valence-corrected chi connectivity index (χ1v) is 4.56. The third-order valence-electron chi connectivity index (χ3n) is 2.43. The minimum absolute atomic E-state index is 0.882. The van der Waals surface area contributed by atoms with Gasteiger partial charge in [0.2, 0.25) is 0 Å². The molecule has 0 amide bonds. The summed E-state index contributed by atoms with van der Waals surface area (Å²) >= 11 is 0. The highest BCUT2D eigenvalue weighted by Crippen LogP contribution is 2.28. The SMILES string of the molecule is CN1Cc2c(NN)ccnc2N(C)C1. The van der Waals surface area contributed by atoms with E-state index in [-0.39, 0.29) is 0 Å². The quantitative estimate of drug-likeness (QED) is 0.493. The van der Waals surface area contributed by atoms with Crippen molar-refractivity contribution in [1.29, 1.82) is 0 Å². The van der Waals surface area contributed by atoms with Crippen molar-refractivity contribution in [2.45, 2.75) is 6.54 Å². The Morgan fingerprint density at radius 2 is 2.29 bits per heavy atom. The van der Waals surface area contributed by atoms with Crippen molar-refractivity contribution in [1.82, 2.24) is 9.88 Å². The van der Waals surface area contributed by atoms with Crippen molar-refractivity contribution in [3.05, 3.63) is 17.8 Å². The van der Waals surface area contributed by atoms with E-state index in [4.69, 9.17) is 5.84 Å². The van der Waals surface area contributed by atoms with Crippen LogP contribution in [0.1, 0.15) is 5.56 Å². The first-order chi connectivity index (χ1) is 6.72. The summed E-state index contributed by atoms with van der Waals surface area (Å²) in [5.74, 6) is 6.46. The summed E-state index contributed by atoms with van der Waals surface area (Å²) in [5.41, 5.74) is 4.81. The van der Waals surface area contributed by atoms with E-state index < -0.39 is 0 Å². The average Bonchev–Trinajstić information content (AvgIpc) is 2.17. The summed E-state index contributed by atoms with van der Waals surface area (Å²) in [4.78, 5) is 8.67. The number of hydrogen-bond donors (Lipinski definition) is 2. The van der Waals surface area contributed by atoms with Gasteiger partial charge in [0.15, 0.2) is 0 Å². The fourth-order valence-electron chi connectivity index (χ4n) is 1.85. The zero-order valence-corrected chi connectivity index (χ0v) is 8.49. The number of fused-ring (bicyclic) bond motifs is 1. The maximum atomic E-state index is 5.45. The molecule has 0 spiro atoms. The van der Waals surface area contributed by atoms with Gasteiger partial charge in [0.1, 0.15) is 5.82 Å². The van der Waals surface area contributed by atoms with E-state index >= 15 is 0 Å². The molecule has 5 nitrogen and oxygen atoms in total. The predicted octanol–water partition coefficient (Wildman–Crippen LogP) is 0.206. The molecule has 0 saturated heterocycles. The Morgan fingerprint density at radius 3 is 3.00 bits per heavy atom. The largest absolute Gasteiger partial charge is 0.346 e. The van der Waals surface area contributed by atoms with Gasteiger partial charge in [-0.3, -0.25) is 10.7 Å². The van der Waals surface area contributed by atoms with Crippen molar-refractivity contribution in [3.8, 4) is 0 Å². The molecule has 0 unspecified atom stereocenters. The zero-order chi connectivity index (χ0) is 10.1. The van der Waals surface area contributed by atoms with Crippen LogP contribution in [0.25, 0.3) is 0 Å². The van der Waals surface area contributed by atoms with Crippen LogP contribution < -0.4 is 16.2 Å². The minimum atomic E-state index is 0.882. The molecule has 76 valence electrons. The van der Waals surface area contributed by atoms with Crippen LogP contribution in [0.2, 0.25) is 0 Å². The van der Waals surface area contributed by atoms with E-state index in [1.807, 2.05) is 13.1 Å². The second-order valence-electron chi connectivity index (χ2n) is 3.66. The van der Waals surface area contributed by atoms with E-state index in [1.165, 1.54) is 0 Å². The molecule has 5 heteroatoms. The minimum Gasteiger partial charge on any atom is -0.346 e. The van der Waals surface area contributed by atoms with Gasteiger partial charge in [-0.2, -0.15) is 0 Å². The summed E-state index contributed by atoms with van der Waals surface area (Å²) in [6.45, 7) is 1.78. The third kappa shape index (κ3) is 1.40. The Bertz CT molecular complexity index is 338. The average molecular weight is 193 g/mol. The van der Waals surface area contributed by atoms with Crippen LogP contribution >= 0.6 is 0 Å². The molecule has 3 N–H and O–H groups in total. The summed E-state index contributed by atoms with van der Waals surface area (Å²) in [7, 11) is 4.11. The summed E-state index contributed by atoms with van der Waals surface area (Å²) in [6, 6.07) is 1.89. The fraction of sp³-hybridized carbons (Fsp3) is 0.444. The third-order valence-corrected chi connectivity index (χ3v) is 2.43. The van der Waals surface area contributed by atoms with E-state index in [0.29, 0.717) is 0 Å². The van der Waals surface area contributed by atoms with Gasteiger partial charge in [-0.05, 0) is 13.1 Å². The van der Waals surface area contributed by atoms with Gasteiger partial charge in [-0.25, -0.2) is 4.98 Å². The normalized spacial score (nSPS) is 16.6. The first kappa shape index (κ1) is 9.23. The van der Waals surface area contributed by atoms with E-state index in [2.05, 4.69) is 27.3 Å². The molecule has 0 aromatic carbocycles. The monoisotopic (exact) mass is 193 g/mol. The predicted molar refractivity (Wildman–Crippen MR) is 56.8 cm³/mol. The van der Waals surface area contributed by atoms with E-state index in [1.54, 1.807) is 6.20 Å². The number of anilines is 2. The van der Waals surface area contributed by atoms with Crippen LogP contribution in [-0.4, -0.2) is 30.6 Å². The highest BCUT2D eigenvalue weighted by molar-refractivity contribution is 5.62. The molecule has 0 atom stereocenters. The topological polar surface area (TPSA) is 57.4 Å². The summed E-state index contributed by atoms with van der Waals surface area (Å²) in [6.07, 6.45) is 1.77. The van der Waals surface area contributed by atoms with Crippen molar-refractivity contribution in [2.24, 2.45) is 5.84 Å². The van der Waals surface area contributed by atoms with Crippen LogP contribution in [0.4, 0.5) is 11.5 Å². The van der Waals surface area contributed by atoms with Gasteiger partial charge in [-0.1, -0.05) is 0 Å². The van der Waals surface area contributed by atoms with Crippen LogP contribution in [0.15, 0.2) is 12.3 Å². The maximum absolute atomic E-state index is 5.45. The number of nitrogens with zero attached hydrogens (tertiary/aromatic N) is 3. The Labute approximate surface area is 83.5 Å². The lowest BCUT2D eigenvalue weighted by molar-refractivity contribution is 0.314. The molecule has 0 bridgehead atoms. The number of nitrogens with one attached hydrogen (secondary N) is 1. The molecule has 0 saturated carbocycles. The Balaban J connectivity index is 2.47. The van der Waals surface area contributed by atoms with Gasteiger partial charge in [0, 0.05) is 25.4 Å². The van der Waals surface area contributed by atoms with Crippen molar-refractivity contribution >= 4 is 11.5 Å². The van der Waals surface area contributed by atoms with Gasteiger partial charge in [-0.15, -0.1) is 0 Å². The molecular formula is C9H15N5. The Hall–Kier alpha value is -1.33. The number of hydrogen-bond acceptors (Lipinski definition) is 5. The van der Waals surface area contributed by atoms with Gasteiger partial charge < -0.3 is 10.3 Å². The molecule has 2 rings (SSSR count). The van der Waals surface area contributed by atoms with Crippen molar-refractivity contribution in [2.75, 3.05) is 31.1 Å². The Morgan fingerprint density at radius 1 is 1.50 bits per heavy atom. The molecule has 1 aromatic heterocycles. The number of nitrogens with two attached hydrogens (primary N) is 1. The number of aromatic nitrogens is 1. The standard InChI is InChI=1S/C9H15N5/c1-13-5-7-8(12-10)3-4-11-9(7)14(2)6-13/h3-4H,5-6,10H2,1-2H3,(H,11,12). The van der Waals surface area contributed by atoms with Crippen LogP contribution in [-0.2, 0) is 6.54 Å². The lowest BCUT2D eigenvalue weighted by Crippen LogP contribution is -2.38. The fourth-order valence-corrected chi connectivity index (χ4v) is 1.85. The molecule has 1 aliphatic heterocycles. The van der Waals surface area contributed by atoms with Crippen LogP contribution in [0.5, 0.6) is 0 Å². The smallest absolute Gasteiger partial charge is 0.135 e. The molecule has 0 aliphatic carbocycles. The maximum Gasteiger partial charge on any atom is 0.135 e. The Kier molecular flexibility index (Phi) is 2.26. The number of rotatable bonds is 1. The van der Waals surface area contributed by atoms with Crippen LogP contribution in [0, 0.1) is 0 Å². The second kappa shape index (κ2) is 3.43. The second-order valence-corrected chi connectivity index (χ2v) is 3.66. The van der Waals surface area contributed by atoms with E-state index in [0.717, 1.165) is 30.3 Å². The number of pyridine rings is 1. The highest BCUT2D eigenvalue weighted by atomic mass is 15.3. The first-order valence-electron chi connectivity index (χ1n) is 4.56. The number of nitrogen functional groups attached to an aromatic ring is 1. The lowest BCUT2D eigenvalue weighted by Gasteiger charge is -2.33. The van der Waals surface area contributed by atoms with Crippen LogP contribution in [0.3, 0.4) is 0 Å². The van der Waals surface area contributed by atoms with Gasteiger partial charge in [0.25, 0.3) is 0 Å². The zero-order valence-electron chi connectivity index (χ0n) is 8.49. The number of hydrazine groups is 1. The van der Waals surface area contributed by atoms with Gasteiger partial charge in [0.05, 0.1) is 12.4 Å². The summed E-state index contributed by atoms with van der Waals surface area (Å²) in [5, 5.41) is 0. The van der Waals surface area contributed by atoms with Crippen molar-refractivity contribution in [3.63, 3.8) is 0 Å². The highest BCUT2D eigenvalue weighted by Gasteiger charge is 2.20. The lowest BCUT2D eigenvalue weighted by atomic mass is 10.1. The molecule has 0 fully saturated rings. The van der Waals surface area contributed by atoms with E-state index in [9.17, 15) is 0 Å².